The second-order valence-electron chi connectivity index (χ2n) is 1.45. The maximum atomic E-state index is 4.81. The van der Waals surface area contributed by atoms with Crippen LogP contribution in [0.25, 0.3) is 0 Å². The van der Waals surface area contributed by atoms with E-state index in [9.17, 15) is 0 Å². The Morgan fingerprint density at radius 3 is 1.70 bits per heavy atom. The Labute approximate surface area is 97.2 Å². The first-order valence-corrected chi connectivity index (χ1v) is 3.55. The van der Waals surface area contributed by atoms with Gasteiger partial charge in [0.1, 0.15) is 4.32 Å². The first-order valence-electron chi connectivity index (χ1n) is 2.70. The van der Waals surface area contributed by atoms with E-state index in [4.69, 9.17) is 12.2 Å². The maximum Gasteiger partial charge on any atom is 0.187 e. The van der Waals surface area contributed by atoms with E-state index >= 15 is 0 Å². The van der Waals surface area contributed by atoms with Crippen LogP contribution >= 0.6 is 24.8 Å². The summed E-state index contributed by atoms with van der Waals surface area (Å²) in [5, 5.41) is 0. The van der Waals surface area contributed by atoms with Crippen molar-refractivity contribution in [2.75, 3.05) is 13.1 Å². The van der Waals surface area contributed by atoms with Crippen LogP contribution in [0.4, 0.5) is 0 Å². The summed E-state index contributed by atoms with van der Waals surface area (Å²) in [6.07, 6.45) is 0. The van der Waals surface area contributed by atoms with E-state index in [0.717, 1.165) is 13.1 Å². The Bertz CT molecular complexity index is 87.7. The molecule has 56 valence electrons. The van der Waals surface area contributed by atoms with Crippen LogP contribution in [0.5, 0.6) is 0 Å². The Kier molecular flexibility index (Phi) is 18.2. The minimum Gasteiger partial charge on any atom is -0.358 e. The number of hydrogen-bond donors (Lipinski definition) is 1. The SMILES string of the molecule is CCN(CC)C(=S)S.[AlH3].[Zn]. The molecular formula is C5H14AlNS2Zn. The van der Waals surface area contributed by atoms with Gasteiger partial charge >= 0.3 is 0 Å². The molecule has 0 aromatic carbocycles. The largest absolute Gasteiger partial charge is 0.358 e. The average Bonchev–Trinajstić information content (AvgIpc) is 1.69. The molecule has 0 N–H and O–H groups in total. The maximum absolute atomic E-state index is 4.81. The van der Waals surface area contributed by atoms with E-state index in [1.54, 1.807) is 0 Å². The molecule has 0 atom stereocenters. The van der Waals surface area contributed by atoms with Gasteiger partial charge in [-0.15, -0.1) is 12.6 Å². The summed E-state index contributed by atoms with van der Waals surface area (Å²) < 4.78 is 0.690. The van der Waals surface area contributed by atoms with E-state index in [1.807, 2.05) is 4.90 Å². The molecule has 5 heteroatoms. The van der Waals surface area contributed by atoms with Crippen molar-refractivity contribution in [1.29, 1.82) is 0 Å². The van der Waals surface area contributed by atoms with Gasteiger partial charge in [-0.1, -0.05) is 12.2 Å². The van der Waals surface area contributed by atoms with Crippen molar-refractivity contribution in [3.8, 4) is 0 Å². The summed E-state index contributed by atoms with van der Waals surface area (Å²) in [5.74, 6) is 0. The average molecular weight is 245 g/mol. The zero-order valence-corrected chi connectivity index (χ0v) is 10.6. The molecule has 0 saturated heterocycles. The first-order chi connectivity index (χ1) is 3.72. The molecule has 10 heavy (non-hydrogen) atoms. The zero-order chi connectivity index (χ0) is 6.57. The second kappa shape index (κ2) is 10.4. The van der Waals surface area contributed by atoms with Gasteiger partial charge in [-0.3, -0.25) is 0 Å². The van der Waals surface area contributed by atoms with Crippen LogP contribution in [-0.4, -0.2) is 39.7 Å². The van der Waals surface area contributed by atoms with Gasteiger partial charge in [0.25, 0.3) is 0 Å². The van der Waals surface area contributed by atoms with Crippen LogP contribution in [0.15, 0.2) is 0 Å². The van der Waals surface area contributed by atoms with E-state index in [2.05, 4.69) is 26.5 Å². The number of nitrogens with zero attached hydrogens (tertiary/aromatic N) is 1. The van der Waals surface area contributed by atoms with Crippen molar-refractivity contribution in [3.05, 3.63) is 0 Å². The van der Waals surface area contributed by atoms with Gasteiger partial charge in [0, 0.05) is 32.6 Å². The van der Waals surface area contributed by atoms with Crippen LogP contribution in [0.3, 0.4) is 0 Å². The Morgan fingerprint density at radius 2 is 1.70 bits per heavy atom. The molecule has 0 saturated carbocycles. The van der Waals surface area contributed by atoms with Crippen molar-refractivity contribution in [2.45, 2.75) is 13.8 Å². The summed E-state index contributed by atoms with van der Waals surface area (Å²) in [6.45, 7) is 6.04. The van der Waals surface area contributed by atoms with E-state index in [1.165, 1.54) is 0 Å². The minimum absolute atomic E-state index is 0. The number of thiol groups is 1. The molecule has 0 spiro atoms. The number of thiocarbonyl (C=S) groups is 1. The second-order valence-corrected chi connectivity index (χ2v) is 2.57. The zero-order valence-electron chi connectivity index (χ0n) is 5.92. The normalized spacial score (nSPS) is 7.10. The van der Waals surface area contributed by atoms with Crippen molar-refractivity contribution < 1.29 is 19.5 Å². The predicted octanol–water partition coefficient (Wildman–Crippen LogP) is 0.356. The molecule has 0 heterocycles. The fourth-order valence-corrected chi connectivity index (χ4v) is 1.04. The fourth-order valence-electron chi connectivity index (χ4n) is 0.494. The predicted molar refractivity (Wildman–Crippen MR) is 54.4 cm³/mol. The summed E-state index contributed by atoms with van der Waals surface area (Å²) in [5.41, 5.74) is 0. The summed E-state index contributed by atoms with van der Waals surface area (Å²) in [6, 6.07) is 0. The molecule has 0 rings (SSSR count). The fraction of sp³-hybridized carbons (Fsp3) is 0.800. The summed E-state index contributed by atoms with van der Waals surface area (Å²) in [7, 11) is 0. The smallest absolute Gasteiger partial charge is 0.187 e. The van der Waals surface area contributed by atoms with Crippen LogP contribution in [0.2, 0.25) is 0 Å². The molecule has 0 amide bonds. The molecule has 1 nitrogen and oxygen atoms in total. The number of hydrogen-bond acceptors (Lipinski definition) is 1. The molecule has 0 aromatic rings. The summed E-state index contributed by atoms with van der Waals surface area (Å²) in [4.78, 5) is 2.01. The van der Waals surface area contributed by atoms with Gasteiger partial charge in [0.05, 0.1) is 0 Å². The van der Waals surface area contributed by atoms with Gasteiger partial charge in [0.15, 0.2) is 17.4 Å². The van der Waals surface area contributed by atoms with Gasteiger partial charge in [-0.2, -0.15) is 0 Å². The Morgan fingerprint density at radius 1 is 1.40 bits per heavy atom. The van der Waals surface area contributed by atoms with E-state index in [0.29, 0.717) is 4.32 Å². The van der Waals surface area contributed by atoms with Gasteiger partial charge in [-0.05, 0) is 13.8 Å². The molecule has 0 aliphatic heterocycles. The third kappa shape index (κ3) is 7.50. The third-order valence-electron chi connectivity index (χ3n) is 1.03. The topological polar surface area (TPSA) is 3.24 Å². The minimum atomic E-state index is 0. The molecule has 0 radical (unpaired) electrons. The monoisotopic (exact) mass is 243 g/mol. The molecule has 0 aliphatic rings. The van der Waals surface area contributed by atoms with Gasteiger partial charge in [0.2, 0.25) is 0 Å². The van der Waals surface area contributed by atoms with Crippen molar-refractivity contribution in [3.63, 3.8) is 0 Å². The Balaban J connectivity index is -0.000000245. The molecule has 0 unspecified atom stereocenters. The quantitative estimate of drug-likeness (QED) is 0.424. The number of rotatable bonds is 2. The van der Waals surface area contributed by atoms with Gasteiger partial charge < -0.3 is 4.90 Å². The molecule has 0 bridgehead atoms. The van der Waals surface area contributed by atoms with Crippen LogP contribution in [0, 0.1) is 0 Å². The van der Waals surface area contributed by atoms with Crippen molar-refractivity contribution >= 4 is 46.5 Å². The molecule has 0 fully saturated rings. The van der Waals surface area contributed by atoms with Crippen LogP contribution in [-0.2, 0) is 19.5 Å². The van der Waals surface area contributed by atoms with Crippen LogP contribution < -0.4 is 0 Å². The van der Waals surface area contributed by atoms with Gasteiger partial charge in [-0.25, -0.2) is 0 Å². The van der Waals surface area contributed by atoms with E-state index in [-0.39, 0.29) is 36.8 Å². The summed E-state index contributed by atoms with van der Waals surface area (Å²) >= 11 is 8.82. The molecular weight excluding hydrogens is 231 g/mol. The van der Waals surface area contributed by atoms with E-state index < -0.39 is 0 Å². The standard InChI is InChI=1S/C5H11NS2.Al.Zn.3H/c1-3-6(4-2)5(7)8;;;;;/h3-4H2,1-2H3,(H,7,8);;;;;. The van der Waals surface area contributed by atoms with Crippen LogP contribution in [0.1, 0.15) is 13.8 Å². The molecule has 0 aromatic heterocycles. The first kappa shape index (κ1) is 17.5. The third-order valence-corrected chi connectivity index (χ3v) is 1.58. The Hall–Kier alpha value is 1.40. The van der Waals surface area contributed by atoms with Crippen molar-refractivity contribution in [2.24, 2.45) is 0 Å². The molecule has 0 aliphatic carbocycles. The van der Waals surface area contributed by atoms with Crippen molar-refractivity contribution in [1.82, 2.24) is 4.90 Å².